The van der Waals surface area contributed by atoms with Crippen LogP contribution < -0.4 is 0 Å². The second-order valence-electron chi connectivity index (χ2n) is 4.48. The molecule has 118 valence electrons. The van der Waals surface area contributed by atoms with E-state index in [0.29, 0.717) is 5.56 Å². The van der Waals surface area contributed by atoms with E-state index in [-0.39, 0.29) is 24.0 Å². The number of allylic oxidation sites excluding steroid dienone is 1. The third-order valence-electron chi connectivity index (χ3n) is 2.98. The maximum absolute atomic E-state index is 13.9. The van der Waals surface area contributed by atoms with E-state index in [2.05, 4.69) is 14.9 Å². The Kier molecular flexibility index (Phi) is 5.14. The van der Waals surface area contributed by atoms with Gasteiger partial charge in [0.1, 0.15) is 11.4 Å². The Bertz CT molecular complexity index is 766. The van der Waals surface area contributed by atoms with E-state index in [1.54, 1.807) is 6.92 Å². The highest BCUT2D eigenvalue weighted by Crippen LogP contribution is 2.23. The Morgan fingerprint density at radius 2 is 2.17 bits per heavy atom. The van der Waals surface area contributed by atoms with Gasteiger partial charge in [-0.15, -0.1) is 0 Å². The molecule has 0 unspecified atom stereocenters. The molecule has 0 atom stereocenters. The van der Waals surface area contributed by atoms with E-state index >= 15 is 0 Å². The van der Waals surface area contributed by atoms with E-state index < -0.39 is 23.1 Å². The molecule has 6 nitrogen and oxygen atoms in total. The number of nitrogens with zero attached hydrogens (tertiary/aromatic N) is 1. The number of esters is 1. The molecule has 0 radical (unpaired) electrons. The molecule has 0 aliphatic rings. The van der Waals surface area contributed by atoms with Crippen LogP contribution in [0.2, 0.25) is 0 Å². The SMILES string of the molecule is CCOC(=O)/C(C=O)=C/C(=O)c1ccc(F)c(-c2cn[nH]c2)c1. The minimum atomic E-state index is -0.881. The number of aromatic nitrogens is 2. The Morgan fingerprint density at radius 1 is 1.39 bits per heavy atom. The van der Waals surface area contributed by atoms with Crippen molar-refractivity contribution in [3.8, 4) is 11.1 Å². The van der Waals surface area contributed by atoms with Crippen LogP contribution in [-0.2, 0) is 14.3 Å². The zero-order valence-electron chi connectivity index (χ0n) is 12.2. The van der Waals surface area contributed by atoms with Gasteiger partial charge in [0, 0.05) is 29.0 Å². The van der Waals surface area contributed by atoms with Crippen LogP contribution in [0.4, 0.5) is 4.39 Å². The molecule has 0 fully saturated rings. The van der Waals surface area contributed by atoms with Gasteiger partial charge in [0.15, 0.2) is 12.1 Å². The van der Waals surface area contributed by atoms with Crippen LogP contribution in [-0.4, -0.2) is 34.8 Å². The number of halogens is 1. The highest BCUT2D eigenvalue weighted by Gasteiger charge is 2.15. The van der Waals surface area contributed by atoms with Gasteiger partial charge in [-0.2, -0.15) is 5.10 Å². The molecule has 0 spiro atoms. The van der Waals surface area contributed by atoms with Crippen molar-refractivity contribution in [2.45, 2.75) is 6.92 Å². The molecule has 0 aliphatic carbocycles. The molecule has 0 amide bonds. The lowest BCUT2D eigenvalue weighted by Gasteiger charge is -2.04. The topological polar surface area (TPSA) is 89.1 Å². The van der Waals surface area contributed by atoms with Gasteiger partial charge in [0.05, 0.1) is 12.8 Å². The van der Waals surface area contributed by atoms with Crippen LogP contribution in [0.3, 0.4) is 0 Å². The Labute approximate surface area is 131 Å². The lowest BCUT2D eigenvalue weighted by atomic mass is 10.0. The normalized spacial score (nSPS) is 11.1. The van der Waals surface area contributed by atoms with Crippen molar-refractivity contribution in [2.75, 3.05) is 6.61 Å². The van der Waals surface area contributed by atoms with Crippen LogP contribution in [0.25, 0.3) is 11.1 Å². The summed E-state index contributed by atoms with van der Waals surface area (Å²) in [5, 5.41) is 6.28. The molecule has 2 aromatic rings. The average molecular weight is 316 g/mol. The molecule has 23 heavy (non-hydrogen) atoms. The first-order chi connectivity index (χ1) is 11.1. The van der Waals surface area contributed by atoms with E-state index in [1.165, 1.54) is 24.5 Å². The molecule has 1 aromatic heterocycles. The van der Waals surface area contributed by atoms with Crippen molar-refractivity contribution in [2.24, 2.45) is 0 Å². The second-order valence-corrected chi connectivity index (χ2v) is 4.48. The number of nitrogens with one attached hydrogen (secondary N) is 1. The van der Waals surface area contributed by atoms with E-state index in [1.807, 2.05) is 0 Å². The van der Waals surface area contributed by atoms with Crippen molar-refractivity contribution in [3.63, 3.8) is 0 Å². The number of ether oxygens (including phenoxy) is 1. The van der Waals surface area contributed by atoms with Crippen LogP contribution in [0, 0.1) is 5.82 Å². The fourth-order valence-electron chi connectivity index (χ4n) is 1.88. The lowest BCUT2D eigenvalue weighted by Crippen LogP contribution is -2.11. The summed E-state index contributed by atoms with van der Waals surface area (Å²) in [4.78, 5) is 34.6. The van der Waals surface area contributed by atoms with Gasteiger partial charge in [-0.1, -0.05) is 0 Å². The summed E-state index contributed by atoms with van der Waals surface area (Å²) in [7, 11) is 0. The van der Waals surface area contributed by atoms with Crippen LogP contribution in [0.5, 0.6) is 0 Å². The number of ketones is 1. The van der Waals surface area contributed by atoms with Crippen molar-refractivity contribution < 1.29 is 23.5 Å². The van der Waals surface area contributed by atoms with Crippen molar-refractivity contribution >= 4 is 18.0 Å². The standard InChI is InChI=1S/C16H13FN2O4/c1-2-23-16(22)11(9-20)6-15(21)10-3-4-14(17)13(5-10)12-7-18-19-8-12/h3-9H,2H2,1H3,(H,18,19)/b11-6+. The monoisotopic (exact) mass is 316 g/mol. The number of aromatic amines is 1. The van der Waals surface area contributed by atoms with Crippen LogP contribution in [0.1, 0.15) is 17.3 Å². The molecule has 0 aliphatic heterocycles. The summed E-state index contributed by atoms with van der Waals surface area (Å²) in [5.74, 6) is -2.01. The minimum Gasteiger partial charge on any atom is -0.462 e. The molecule has 1 N–H and O–H groups in total. The fraction of sp³-hybridized carbons (Fsp3) is 0.125. The zero-order valence-corrected chi connectivity index (χ0v) is 12.2. The summed E-state index contributed by atoms with van der Waals surface area (Å²) < 4.78 is 18.5. The van der Waals surface area contributed by atoms with Gasteiger partial charge in [-0.25, -0.2) is 9.18 Å². The van der Waals surface area contributed by atoms with E-state index in [9.17, 15) is 18.8 Å². The lowest BCUT2D eigenvalue weighted by molar-refractivity contribution is -0.139. The maximum Gasteiger partial charge on any atom is 0.341 e. The van der Waals surface area contributed by atoms with Gasteiger partial charge in [0.25, 0.3) is 0 Å². The zero-order chi connectivity index (χ0) is 16.8. The molecule has 2 rings (SSSR count). The molecule has 7 heteroatoms. The predicted octanol–water partition coefficient (Wildman–Crippen LogP) is 2.09. The molecular formula is C16H13FN2O4. The highest BCUT2D eigenvalue weighted by molar-refractivity contribution is 6.16. The first-order valence-corrected chi connectivity index (χ1v) is 6.73. The number of H-pyrrole nitrogens is 1. The number of aldehydes is 1. The third-order valence-corrected chi connectivity index (χ3v) is 2.98. The largest absolute Gasteiger partial charge is 0.462 e. The Hall–Kier alpha value is -3.09. The van der Waals surface area contributed by atoms with Crippen LogP contribution >= 0.6 is 0 Å². The summed E-state index contributed by atoms with van der Waals surface area (Å²) in [6.07, 6.45) is 4.02. The predicted molar refractivity (Wildman–Crippen MR) is 79.1 cm³/mol. The Morgan fingerprint density at radius 3 is 2.78 bits per heavy atom. The average Bonchev–Trinajstić information content (AvgIpc) is 3.07. The molecule has 1 heterocycles. The summed E-state index contributed by atoms with van der Waals surface area (Å²) in [6.45, 7) is 1.67. The summed E-state index contributed by atoms with van der Waals surface area (Å²) >= 11 is 0. The summed E-state index contributed by atoms with van der Waals surface area (Å²) in [5.41, 5.74) is 0.390. The molecular weight excluding hydrogens is 303 g/mol. The second kappa shape index (κ2) is 7.26. The van der Waals surface area contributed by atoms with E-state index in [0.717, 1.165) is 12.1 Å². The van der Waals surface area contributed by atoms with E-state index in [4.69, 9.17) is 0 Å². The minimum absolute atomic E-state index is 0.0827. The number of carbonyl (C=O) groups is 3. The first kappa shape index (κ1) is 16.3. The number of carbonyl (C=O) groups excluding carboxylic acids is 3. The number of rotatable bonds is 6. The Balaban J connectivity index is 2.35. The van der Waals surface area contributed by atoms with Gasteiger partial charge in [0.2, 0.25) is 0 Å². The van der Waals surface area contributed by atoms with Gasteiger partial charge < -0.3 is 4.74 Å². The number of hydrogen-bond donors (Lipinski definition) is 1. The highest BCUT2D eigenvalue weighted by atomic mass is 19.1. The fourth-order valence-corrected chi connectivity index (χ4v) is 1.88. The van der Waals surface area contributed by atoms with Crippen molar-refractivity contribution in [1.29, 1.82) is 0 Å². The molecule has 0 saturated heterocycles. The molecule has 0 saturated carbocycles. The van der Waals surface area contributed by atoms with Gasteiger partial charge in [-0.3, -0.25) is 14.7 Å². The van der Waals surface area contributed by atoms with Gasteiger partial charge in [-0.05, 0) is 25.1 Å². The smallest absolute Gasteiger partial charge is 0.341 e. The molecule has 1 aromatic carbocycles. The van der Waals surface area contributed by atoms with Gasteiger partial charge >= 0.3 is 5.97 Å². The molecule has 0 bridgehead atoms. The number of hydrogen-bond acceptors (Lipinski definition) is 5. The van der Waals surface area contributed by atoms with Crippen molar-refractivity contribution in [1.82, 2.24) is 10.2 Å². The number of benzene rings is 1. The first-order valence-electron chi connectivity index (χ1n) is 6.73. The maximum atomic E-state index is 13.9. The summed E-state index contributed by atoms with van der Waals surface area (Å²) in [6, 6.07) is 3.73. The quantitative estimate of drug-likeness (QED) is 0.220. The third kappa shape index (κ3) is 3.76. The van der Waals surface area contributed by atoms with Crippen molar-refractivity contribution in [3.05, 3.63) is 53.6 Å². The van der Waals surface area contributed by atoms with Crippen LogP contribution in [0.15, 0.2) is 42.2 Å².